The number of carbonyl (C=O) groups excluding carboxylic acids is 1. The number of morpholine rings is 1. The first-order chi connectivity index (χ1) is 10.7. The molecule has 1 aliphatic heterocycles. The lowest BCUT2D eigenvalue weighted by Gasteiger charge is -2.36. The zero-order chi connectivity index (χ0) is 15.5. The molecule has 2 unspecified atom stereocenters. The van der Waals surface area contributed by atoms with E-state index in [9.17, 15) is 9.90 Å². The second kappa shape index (κ2) is 6.87. The van der Waals surface area contributed by atoms with Crippen LogP contribution >= 0.6 is 22.9 Å². The predicted molar refractivity (Wildman–Crippen MR) is 86.4 cm³/mol. The van der Waals surface area contributed by atoms with Crippen LogP contribution in [0.2, 0.25) is 0 Å². The number of rotatable bonds is 4. The van der Waals surface area contributed by atoms with Crippen molar-refractivity contribution in [3.8, 4) is 0 Å². The third-order valence-corrected chi connectivity index (χ3v) is 5.53. The summed E-state index contributed by atoms with van der Waals surface area (Å²) in [5, 5.41) is 14.1. The van der Waals surface area contributed by atoms with Crippen LogP contribution in [0.3, 0.4) is 0 Å². The van der Waals surface area contributed by atoms with Crippen molar-refractivity contribution >= 4 is 28.8 Å². The van der Waals surface area contributed by atoms with E-state index in [0.29, 0.717) is 31.7 Å². The third kappa shape index (κ3) is 3.22. The van der Waals surface area contributed by atoms with Crippen LogP contribution in [-0.4, -0.2) is 46.1 Å². The van der Waals surface area contributed by atoms with Gasteiger partial charge in [0.15, 0.2) is 0 Å². The van der Waals surface area contributed by atoms with Gasteiger partial charge in [0.25, 0.3) is 5.91 Å². The molecule has 7 heteroatoms. The Morgan fingerprint density at radius 3 is 3.18 bits per heavy atom. The molecule has 2 aromatic rings. The third-order valence-electron chi connectivity index (χ3n) is 3.84. The molecule has 3 rings (SSSR count). The number of aromatic nitrogens is 1. The van der Waals surface area contributed by atoms with E-state index in [1.165, 1.54) is 22.9 Å². The molecule has 0 saturated carbocycles. The molecule has 2 atom stereocenters. The Balaban J connectivity index is 1.74. The van der Waals surface area contributed by atoms with Crippen molar-refractivity contribution < 1.29 is 14.6 Å². The number of aliphatic hydroxyl groups is 1. The number of aliphatic hydroxyl groups excluding tert-OH is 1. The average Bonchev–Trinajstić information content (AvgIpc) is 3.18. The second-order valence-electron chi connectivity index (χ2n) is 5.31. The highest BCUT2D eigenvalue weighted by Crippen LogP contribution is 2.27. The summed E-state index contributed by atoms with van der Waals surface area (Å²) in [6.45, 7) is 3.40. The van der Waals surface area contributed by atoms with Crippen molar-refractivity contribution in [3.05, 3.63) is 39.0 Å². The Labute approximate surface area is 137 Å². The topological polar surface area (TPSA) is 62.7 Å². The Kier molecular flexibility index (Phi) is 4.87. The molecule has 5 nitrogen and oxygen atoms in total. The number of aryl methyl sites for hydroxylation is 1. The fourth-order valence-corrected chi connectivity index (χ4v) is 4.04. The molecule has 1 N–H and O–H groups in total. The number of ether oxygens (including phenoxy) is 1. The van der Waals surface area contributed by atoms with Crippen LogP contribution < -0.4 is 0 Å². The fourth-order valence-electron chi connectivity index (χ4n) is 2.62. The molecule has 118 valence electrons. The summed E-state index contributed by atoms with van der Waals surface area (Å²) < 4.78 is 9.69. The minimum absolute atomic E-state index is 0.0158. The molecule has 0 bridgehead atoms. The lowest BCUT2D eigenvalue weighted by atomic mass is 10.0. The molecule has 0 spiro atoms. The van der Waals surface area contributed by atoms with Crippen LogP contribution in [0, 0.1) is 6.92 Å². The summed E-state index contributed by atoms with van der Waals surface area (Å²) in [5.41, 5.74) is 1.42. The molecule has 22 heavy (non-hydrogen) atoms. The molecule has 1 amide bonds. The van der Waals surface area contributed by atoms with Crippen LogP contribution in [-0.2, 0) is 4.74 Å². The van der Waals surface area contributed by atoms with Crippen molar-refractivity contribution in [2.24, 2.45) is 0 Å². The molecular weight excluding hydrogens is 320 g/mol. The zero-order valence-electron chi connectivity index (χ0n) is 12.3. The number of amides is 1. The highest BCUT2D eigenvalue weighted by atomic mass is 32.1. The minimum atomic E-state index is -0.566. The normalized spacial score (nSPS) is 20.1. The van der Waals surface area contributed by atoms with Gasteiger partial charge in [0.1, 0.15) is 0 Å². The van der Waals surface area contributed by atoms with Gasteiger partial charge in [0.2, 0.25) is 0 Å². The molecule has 3 heterocycles. The number of nitrogens with zero attached hydrogens (tertiary/aromatic N) is 2. The van der Waals surface area contributed by atoms with Gasteiger partial charge in [0, 0.05) is 23.2 Å². The lowest BCUT2D eigenvalue weighted by molar-refractivity contribution is -0.0170. The molecule has 0 radical (unpaired) electrons. The van der Waals surface area contributed by atoms with Gasteiger partial charge in [-0.05, 0) is 29.9 Å². The van der Waals surface area contributed by atoms with Gasteiger partial charge in [-0.1, -0.05) is 6.07 Å². The fraction of sp³-hybridized carbons (Fsp3) is 0.467. The molecule has 0 aliphatic carbocycles. The van der Waals surface area contributed by atoms with Crippen LogP contribution in [0.4, 0.5) is 0 Å². The number of hydrogen-bond acceptors (Lipinski definition) is 6. The summed E-state index contributed by atoms with van der Waals surface area (Å²) in [4.78, 5) is 15.5. The van der Waals surface area contributed by atoms with Gasteiger partial charge in [0.05, 0.1) is 36.6 Å². The first kappa shape index (κ1) is 15.6. The smallest absolute Gasteiger partial charge is 0.257 e. The van der Waals surface area contributed by atoms with E-state index in [2.05, 4.69) is 4.37 Å². The monoisotopic (exact) mass is 338 g/mol. The van der Waals surface area contributed by atoms with Gasteiger partial charge in [-0.15, -0.1) is 11.3 Å². The van der Waals surface area contributed by atoms with Crippen molar-refractivity contribution in [3.63, 3.8) is 0 Å². The summed E-state index contributed by atoms with van der Waals surface area (Å²) in [6.07, 6.45) is -0.0771. The van der Waals surface area contributed by atoms with Gasteiger partial charge < -0.3 is 14.7 Å². The summed E-state index contributed by atoms with van der Waals surface area (Å²) in [7, 11) is 0. The summed E-state index contributed by atoms with van der Waals surface area (Å²) >= 11 is 2.82. The molecule has 2 aromatic heterocycles. The van der Waals surface area contributed by atoms with E-state index < -0.39 is 6.10 Å². The van der Waals surface area contributed by atoms with Crippen LogP contribution in [0.1, 0.15) is 33.5 Å². The van der Waals surface area contributed by atoms with E-state index in [1.807, 2.05) is 29.3 Å². The predicted octanol–water partition coefficient (Wildman–Crippen LogP) is 2.48. The largest absolute Gasteiger partial charge is 0.387 e. The van der Waals surface area contributed by atoms with Crippen LogP contribution in [0.15, 0.2) is 22.9 Å². The highest BCUT2D eigenvalue weighted by Gasteiger charge is 2.31. The molecule has 1 aliphatic rings. The Hall–Kier alpha value is -1.28. The lowest BCUT2D eigenvalue weighted by Crippen LogP contribution is -2.49. The molecule has 0 aromatic carbocycles. The maximum Gasteiger partial charge on any atom is 0.257 e. The minimum Gasteiger partial charge on any atom is -0.387 e. The first-order valence-corrected chi connectivity index (χ1v) is 8.89. The van der Waals surface area contributed by atoms with E-state index in [0.717, 1.165) is 10.6 Å². The van der Waals surface area contributed by atoms with E-state index in [4.69, 9.17) is 4.74 Å². The number of thiophene rings is 1. The van der Waals surface area contributed by atoms with Crippen molar-refractivity contribution in [1.29, 1.82) is 0 Å². The SMILES string of the molecule is Cc1nscc1C(=O)N1CCOCC1CC(O)c1cccs1. The average molecular weight is 338 g/mol. The van der Waals surface area contributed by atoms with E-state index in [1.54, 1.807) is 5.38 Å². The number of carbonyl (C=O) groups is 1. The maximum atomic E-state index is 12.7. The van der Waals surface area contributed by atoms with Gasteiger partial charge in [-0.2, -0.15) is 4.37 Å². The number of hydrogen-bond donors (Lipinski definition) is 1. The van der Waals surface area contributed by atoms with Crippen LogP contribution in [0.5, 0.6) is 0 Å². The molecule has 1 saturated heterocycles. The van der Waals surface area contributed by atoms with Crippen molar-refractivity contribution in [2.45, 2.75) is 25.5 Å². The van der Waals surface area contributed by atoms with Crippen molar-refractivity contribution in [1.82, 2.24) is 9.27 Å². The summed E-state index contributed by atoms with van der Waals surface area (Å²) in [6, 6.07) is 3.72. The molecular formula is C15H18N2O3S2. The Morgan fingerprint density at radius 2 is 2.50 bits per heavy atom. The highest BCUT2D eigenvalue weighted by molar-refractivity contribution is 7.10. The zero-order valence-corrected chi connectivity index (χ0v) is 13.9. The van der Waals surface area contributed by atoms with Crippen LogP contribution in [0.25, 0.3) is 0 Å². The van der Waals surface area contributed by atoms with Gasteiger partial charge in [-0.25, -0.2) is 0 Å². The van der Waals surface area contributed by atoms with Gasteiger partial charge >= 0.3 is 0 Å². The quantitative estimate of drug-likeness (QED) is 0.930. The Bertz CT molecular complexity index is 627. The van der Waals surface area contributed by atoms with E-state index >= 15 is 0 Å². The second-order valence-corrected chi connectivity index (χ2v) is 6.92. The first-order valence-electron chi connectivity index (χ1n) is 7.18. The maximum absolute atomic E-state index is 12.7. The standard InChI is InChI=1S/C15H18N2O3S2/c1-10-12(9-22-16-10)15(19)17-4-5-20-8-11(17)7-13(18)14-3-2-6-21-14/h2-3,6,9,11,13,18H,4-5,7-8H2,1H3. The Morgan fingerprint density at radius 1 is 1.64 bits per heavy atom. The summed E-state index contributed by atoms with van der Waals surface area (Å²) in [5.74, 6) is -0.0158. The van der Waals surface area contributed by atoms with E-state index in [-0.39, 0.29) is 11.9 Å². The van der Waals surface area contributed by atoms with Gasteiger partial charge in [-0.3, -0.25) is 4.79 Å². The van der Waals surface area contributed by atoms with Crippen molar-refractivity contribution in [2.75, 3.05) is 19.8 Å². The molecule has 1 fully saturated rings.